The van der Waals surface area contributed by atoms with E-state index in [0.29, 0.717) is 0 Å². The molecule has 84 valence electrons. The van der Waals surface area contributed by atoms with Gasteiger partial charge in [-0.25, -0.2) is 0 Å². The molecule has 0 aliphatic rings. The number of nitrogens with two attached hydrogens (primary N) is 1. The van der Waals surface area contributed by atoms with Gasteiger partial charge in [-0.1, -0.05) is 12.1 Å². The normalized spacial score (nSPS) is 10.6. The van der Waals surface area contributed by atoms with E-state index in [4.69, 9.17) is 5.73 Å². The van der Waals surface area contributed by atoms with Crippen LogP contribution in [-0.4, -0.2) is 9.78 Å². The number of nitrogens with zero attached hydrogens (tertiary/aromatic N) is 2. The SMILES string of the molecule is Cc1c(N)cccc1CSc1cnn(C)c1. The zero-order valence-electron chi connectivity index (χ0n) is 9.47. The molecule has 0 radical (unpaired) electrons. The minimum Gasteiger partial charge on any atom is -0.399 e. The van der Waals surface area contributed by atoms with E-state index < -0.39 is 0 Å². The lowest BCUT2D eigenvalue weighted by atomic mass is 10.1. The van der Waals surface area contributed by atoms with Gasteiger partial charge >= 0.3 is 0 Å². The van der Waals surface area contributed by atoms with Crippen molar-refractivity contribution in [2.75, 3.05) is 5.73 Å². The molecule has 0 aliphatic carbocycles. The molecule has 0 spiro atoms. The quantitative estimate of drug-likeness (QED) is 0.654. The topological polar surface area (TPSA) is 43.8 Å². The van der Waals surface area contributed by atoms with Crippen molar-refractivity contribution >= 4 is 17.4 Å². The second-order valence-electron chi connectivity index (χ2n) is 3.77. The van der Waals surface area contributed by atoms with Crippen molar-refractivity contribution in [3.8, 4) is 0 Å². The predicted molar refractivity (Wildman–Crippen MR) is 68.4 cm³/mol. The molecule has 2 aromatic rings. The number of anilines is 1. The molecule has 0 unspecified atom stereocenters. The summed E-state index contributed by atoms with van der Waals surface area (Å²) in [4.78, 5) is 1.18. The lowest BCUT2D eigenvalue weighted by Gasteiger charge is -2.06. The fraction of sp³-hybridized carbons (Fsp3) is 0.250. The number of thioether (sulfide) groups is 1. The van der Waals surface area contributed by atoms with Crippen LogP contribution in [0.25, 0.3) is 0 Å². The molecule has 2 N–H and O–H groups in total. The molecule has 0 aliphatic heterocycles. The fourth-order valence-corrected chi connectivity index (χ4v) is 2.48. The second-order valence-corrected chi connectivity index (χ2v) is 4.82. The van der Waals surface area contributed by atoms with Crippen LogP contribution in [0.15, 0.2) is 35.5 Å². The molecule has 4 heteroatoms. The van der Waals surface area contributed by atoms with Crippen LogP contribution in [0, 0.1) is 6.92 Å². The van der Waals surface area contributed by atoms with Crippen LogP contribution < -0.4 is 5.73 Å². The van der Waals surface area contributed by atoms with E-state index in [1.165, 1.54) is 16.0 Å². The third-order valence-electron chi connectivity index (χ3n) is 2.56. The van der Waals surface area contributed by atoms with Crippen LogP contribution in [0.5, 0.6) is 0 Å². The number of benzene rings is 1. The van der Waals surface area contributed by atoms with Crippen LogP contribution in [0.4, 0.5) is 5.69 Å². The Kier molecular flexibility index (Phi) is 3.19. The van der Waals surface area contributed by atoms with Crippen LogP contribution in [0.1, 0.15) is 11.1 Å². The van der Waals surface area contributed by atoms with Gasteiger partial charge in [-0.15, -0.1) is 11.8 Å². The van der Waals surface area contributed by atoms with Crippen molar-refractivity contribution in [3.05, 3.63) is 41.7 Å². The van der Waals surface area contributed by atoms with Crippen LogP contribution in [-0.2, 0) is 12.8 Å². The number of aryl methyl sites for hydroxylation is 1. The first kappa shape index (κ1) is 11.1. The van der Waals surface area contributed by atoms with Gasteiger partial charge in [0.1, 0.15) is 0 Å². The molecule has 1 heterocycles. The van der Waals surface area contributed by atoms with Gasteiger partial charge in [-0.2, -0.15) is 5.10 Å². The average molecular weight is 233 g/mol. The van der Waals surface area contributed by atoms with E-state index in [1.807, 2.05) is 36.3 Å². The van der Waals surface area contributed by atoms with Crippen molar-refractivity contribution in [1.82, 2.24) is 9.78 Å². The molecule has 3 nitrogen and oxygen atoms in total. The molecule has 16 heavy (non-hydrogen) atoms. The number of hydrogen-bond donors (Lipinski definition) is 1. The minimum absolute atomic E-state index is 0.865. The molecule has 0 saturated heterocycles. The maximum Gasteiger partial charge on any atom is 0.0625 e. The van der Waals surface area contributed by atoms with Crippen LogP contribution >= 0.6 is 11.8 Å². The summed E-state index contributed by atoms with van der Waals surface area (Å²) >= 11 is 1.78. The van der Waals surface area contributed by atoms with Crippen molar-refractivity contribution in [1.29, 1.82) is 0 Å². The zero-order chi connectivity index (χ0) is 11.5. The third kappa shape index (κ3) is 2.39. The lowest BCUT2D eigenvalue weighted by molar-refractivity contribution is 0.766. The van der Waals surface area contributed by atoms with Gasteiger partial charge in [0.15, 0.2) is 0 Å². The summed E-state index contributed by atoms with van der Waals surface area (Å²) in [5.41, 5.74) is 9.20. The van der Waals surface area contributed by atoms with Gasteiger partial charge in [0.2, 0.25) is 0 Å². The summed E-state index contributed by atoms with van der Waals surface area (Å²) in [6.45, 7) is 2.06. The second kappa shape index (κ2) is 4.61. The van der Waals surface area contributed by atoms with E-state index in [1.54, 1.807) is 11.8 Å². The smallest absolute Gasteiger partial charge is 0.0625 e. The lowest BCUT2D eigenvalue weighted by Crippen LogP contribution is -1.93. The summed E-state index contributed by atoms with van der Waals surface area (Å²) in [6, 6.07) is 6.06. The number of rotatable bonds is 3. The largest absolute Gasteiger partial charge is 0.399 e. The highest BCUT2D eigenvalue weighted by atomic mass is 32.2. The van der Waals surface area contributed by atoms with E-state index in [2.05, 4.69) is 18.1 Å². The van der Waals surface area contributed by atoms with Gasteiger partial charge in [-0.3, -0.25) is 4.68 Å². The van der Waals surface area contributed by atoms with Crippen molar-refractivity contribution < 1.29 is 0 Å². The maximum absolute atomic E-state index is 5.87. The van der Waals surface area contributed by atoms with E-state index in [9.17, 15) is 0 Å². The summed E-state index contributed by atoms with van der Waals surface area (Å²) in [6.07, 6.45) is 3.90. The Morgan fingerprint density at radius 2 is 2.25 bits per heavy atom. The molecule has 0 fully saturated rings. The maximum atomic E-state index is 5.87. The molecule has 0 amide bonds. The molecule has 0 atom stereocenters. The summed E-state index contributed by atoms with van der Waals surface area (Å²) < 4.78 is 1.81. The Morgan fingerprint density at radius 3 is 2.94 bits per heavy atom. The van der Waals surface area contributed by atoms with Crippen LogP contribution in [0.2, 0.25) is 0 Å². The highest BCUT2D eigenvalue weighted by molar-refractivity contribution is 7.98. The molecule has 0 bridgehead atoms. The number of nitrogen functional groups attached to an aromatic ring is 1. The Bertz CT molecular complexity index is 491. The Hall–Kier alpha value is -1.42. The van der Waals surface area contributed by atoms with E-state index in [-0.39, 0.29) is 0 Å². The zero-order valence-corrected chi connectivity index (χ0v) is 10.3. The van der Waals surface area contributed by atoms with Crippen molar-refractivity contribution in [2.24, 2.45) is 7.05 Å². The average Bonchev–Trinajstić information content (AvgIpc) is 2.67. The Balaban J connectivity index is 2.07. The highest BCUT2D eigenvalue weighted by Gasteiger charge is 2.03. The monoisotopic (exact) mass is 233 g/mol. The number of aromatic nitrogens is 2. The third-order valence-corrected chi connectivity index (χ3v) is 3.56. The first-order valence-corrected chi connectivity index (χ1v) is 6.11. The molecular formula is C12H15N3S. The first-order chi connectivity index (χ1) is 7.66. The van der Waals surface area contributed by atoms with Gasteiger partial charge in [0.05, 0.1) is 6.20 Å². The minimum atomic E-state index is 0.865. The van der Waals surface area contributed by atoms with Gasteiger partial charge in [0, 0.05) is 29.6 Å². The highest BCUT2D eigenvalue weighted by Crippen LogP contribution is 2.25. The van der Waals surface area contributed by atoms with Gasteiger partial charge in [-0.05, 0) is 24.1 Å². The first-order valence-electron chi connectivity index (χ1n) is 5.12. The number of hydrogen-bond acceptors (Lipinski definition) is 3. The summed E-state index contributed by atoms with van der Waals surface area (Å²) in [5.74, 6) is 0.933. The summed E-state index contributed by atoms with van der Waals surface area (Å²) in [7, 11) is 1.93. The molecule has 1 aromatic carbocycles. The van der Waals surface area contributed by atoms with Crippen molar-refractivity contribution in [3.63, 3.8) is 0 Å². The Labute approximate surface area is 99.7 Å². The molecule has 1 aromatic heterocycles. The van der Waals surface area contributed by atoms with Gasteiger partial charge < -0.3 is 5.73 Å². The molecular weight excluding hydrogens is 218 g/mol. The summed E-state index contributed by atoms with van der Waals surface area (Å²) in [5, 5.41) is 4.14. The van der Waals surface area contributed by atoms with Crippen molar-refractivity contribution in [2.45, 2.75) is 17.6 Å². The van der Waals surface area contributed by atoms with Gasteiger partial charge in [0.25, 0.3) is 0 Å². The van der Waals surface area contributed by atoms with Crippen LogP contribution in [0.3, 0.4) is 0 Å². The molecule has 0 saturated carbocycles. The van der Waals surface area contributed by atoms with E-state index >= 15 is 0 Å². The fourth-order valence-electron chi connectivity index (χ4n) is 1.49. The molecule has 2 rings (SSSR count). The predicted octanol–water partition coefficient (Wildman–Crippen LogP) is 2.60. The van der Waals surface area contributed by atoms with E-state index in [0.717, 1.165) is 11.4 Å². The Morgan fingerprint density at radius 1 is 1.44 bits per heavy atom. The standard InChI is InChI=1S/C12H15N3S/c1-9-10(4-3-5-12(9)13)8-16-11-6-14-15(2)7-11/h3-7H,8,13H2,1-2H3.